The zero-order valence-electron chi connectivity index (χ0n) is 12.1. The third-order valence-corrected chi connectivity index (χ3v) is 4.54. The van der Waals surface area contributed by atoms with Crippen molar-refractivity contribution in [3.8, 4) is 5.75 Å². The Kier molecular flexibility index (Phi) is 5.71. The summed E-state index contributed by atoms with van der Waals surface area (Å²) >= 11 is 0. The molecule has 1 atom stereocenters. The summed E-state index contributed by atoms with van der Waals surface area (Å²) in [5, 5.41) is 0. The van der Waals surface area contributed by atoms with Crippen LogP contribution >= 0.6 is 0 Å². The molecular formula is C17H27NO. The van der Waals surface area contributed by atoms with Gasteiger partial charge >= 0.3 is 0 Å². The molecule has 1 unspecified atom stereocenters. The van der Waals surface area contributed by atoms with Gasteiger partial charge in [0.15, 0.2) is 0 Å². The van der Waals surface area contributed by atoms with Gasteiger partial charge in [-0.25, -0.2) is 0 Å². The second-order valence-corrected chi connectivity index (χ2v) is 5.80. The average Bonchev–Trinajstić information content (AvgIpc) is 2.48. The molecule has 0 aromatic heterocycles. The van der Waals surface area contributed by atoms with Crippen LogP contribution in [0.2, 0.25) is 0 Å². The van der Waals surface area contributed by atoms with E-state index < -0.39 is 0 Å². The molecular weight excluding hydrogens is 234 g/mol. The molecule has 2 nitrogen and oxygen atoms in total. The molecule has 2 N–H and O–H groups in total. The van der Waals surface area contributed by atoms with Crippen LogP contribution in [-0.2, 0) is 0 Å². The van der Waals surface area contributed by atoms with Gasteiger partial charge in [-0.15, -0.1) is 0 Å². The number of nitrogens with two attached hydrogens (primary N) is 1. The molecule has 0 heterocycles. The first-order chi connectivity index (χ1) is 9.29. The van der Waals surface area contributed by atoms with Crippen molar-refractivity contribution in [3.63, 3.8) is 0 Å². The first-order valence-electron chi connectivity index (χ1n) is 7.73. The lowest BCUT2D eigenvalue weighted by Gasteiger charge is -2.31. The van der Waals surface area contributed by atoms with E-state index in [-0.39, 0.29) is 0 Å². The summed E-state index contributed by atoms with van der Waals surface area (Å²) in [6, 6.07) is 10.3. The Bertz CT molecular complexity index is 344. The van der Waals surface area contributed by atoms with E-state index in [2.05, 4.69) is 6.92 Å². The Morgan fingerprint density at radius 3 is 2.47 bits per heavy atom. The third kappa shape index (κ3) is 4.54. The summed E-state index contributed by atoms with van der Waals surface area (Å²) < 4.78 is 5.73. The van der Waals surface area contributed by atoms with Crippen molar-refractivity contribution in [3.05, 3.63) is 30.3 Å². The van der Waals surface area contributed by atoms with Crippen LogP contribution in [0.5, 0.6) is 5.75 Å². The van der Waals surface area contributed by atoms with Crippen LogP contribution in [0.15, 0.2) is 30.3 Å². The molecule has 1 fully saturated rings. The maximum Gasteiger partial charge on any atom is 0.119 e. The lowest BCUT2D eigenvalue weighted by atomic mass is 9.77. The van der Waals surface area contributed by atoms with Crippen LogP contribution in [0.3, 0.4) is 0 Å². The topological polar surface area (TPSA) is 35.2 Å². The summed E-state index contributed by atoms with van der Waals surface area (Å²) in [6.07, 6.45) is 7.66. The van der Waals surface area contributed by atoms with Gasteiger partial charge in [-0.05, 0) is 43.2 Å². The fourth-order valence-electron chi connectivity index (χ4n) is 3.09. The number of hydrogen-bond acceptors (Lipinski definition) is 2. The van der Waals surface area contributed by atoms with Crippen molar-refractivity contribution < 1.29 is 4.74 Å². The molecule has 1 aromatic rings. The lowest BCUT2D eigenvalue weighted by molar-refractivity contribution is 0.211. The maximum absolute atomic E-state index is 6.32. The Labute approximate surface area is 117 Å². The summed E-state index contributed by atoms with van der Waals surface area (Å²) in [7, 11) is 0. The Hall–Kier alpha value is -1.02. The predicted octanol–water partition coefficient (Wildman–Crippen LogP) is 4.00. The number of benzene rings is 1. The molecule has 2 rings (SSSR count). The van der Waals surface area contributed by atoms with E-state index in [9.17, 15) is 0 Å². The van der Waals surface area contributed by atoms with Crippen LogP contribution in [0.4, 0.5) is 0 Å². The molecule has 106 valence electrons. The monoisotopic (exact) mass is 261 g/mol. The van der Waals surface area contributed by atoms with E-state index in [0.29, 0.717) is 12.0 Å². The SMILES string of the molecule is CCC1CCC(C(N)CCOc2ccccc2)CC1. The van der Waals surface area contributed by atoms with Gasteiger partial charge in [0.05, 0.1) is 6.61 Å². The van der Waals surface area contributed by atoms with E-state index in [1.807, 2.05) is 30.3 Å². The van der Waals surface area contributed by atoms with E-state index in [4.69, 9.17) is 10.5 Å². The molecule has 1 aromatic carbocycles. The molecule has 19 heavy (non-hydrogen) atoms. The third-order valence-electron chi connectivity index (χ3n) is 4.54. The summed E-state index contributed by atoms with van der Waals surface area (Å²) in [5.74, 6) is 2.61. The largest absolute Gasteiger partial charge is 0.494 e. The minimum Gasteiger partial charge on any atom is -0.494 e. The zero-order valence-corrected chi connectivity index (χ0v) is 12.1. The van der Waals surface area contributed by atoms with Gasteiger partial charge in [0, 0.05) is 6.04 Å². The number of rotatable bonds is 6. The van der Waals surface area contributed by atoms with Crippen LogP contribution in [0.25, 0.3) is 0 Å². The van der Waals surface area contributed by atoms with E-state index in [1.165, 1.54) is 32.1 Å². The van der Waals surface area contributed by atoms with Crippen molar-refractivity contribution >= 4 is 0 Å². The molecule has 0 amide bonds. The molecule has 0 aliphatic heterocycles. The highest BCUT2D eigenvalue weighted by Crippen LogP contribution is 2.32. The average molecular weight is 261 g/mol. The van der Waals surface area contributed by atoms with Gasteiger partial charge in [-0.2, -0.15) is 0 Å². The van der Waals surface area contributed by atoms with Crippen LogP contribution in [0.1, 0.15) is 45.4 Å². The van der Waals surface area contributed by atoms with Crippen LogP contribution < -0.4 is 10.5 Å². The van der Waals surface area contributed by atoms with Gasteiger partial charge in [-0.3, -0.25) is 0 Å². The van der Waals surface area contributed by atoms with E-state index in [0.717, 1.165) is 24.7 Å². The molecule has 1 saturated carbocycles. The van der Waals surface area contributed by atoms with Gasteiger partial charge in [-0.1, -0.05) is 44.4 Å². The van der Waals surface area contributed by atoms with Crippen molar-refractivity contribution in [2.75, 3.05) is 6.61 Å². The fourth-order valence-corrected chi connectivity index (χ4v) is 3.09. The van der Waals surface area contributed by atoms with Crippen molar-refractivity contribution in [2.45, 2.75) is 51.5 Å². The molecule has 1 aliphatic rings. The smallest absolute Gasteiger partial charge is 0.119 e. The van der Waals surface area contributed by atoms with Crippen LogP contribution in [0, 0.1) is 11.8 Å². The minimum atomic E-state index is 0.307. The summed E-state index contributed by atoms with van der Waals surface area (Å²) in [6.45, 7) is 3.04. The molecule has 2 heteroatoms. The highest BCUT2D eigenvalue weighted by atomic mass is 16.5. The number of ether oxygens (including phenoxy) is 1. The number of hydrogen-bond donors (Lipinski definition) is 1. The van der Waals surface area contributed by atoms with Gasteiger partial charge in [0.2, 0.25) is 0 Å². The minimum absolute atomic E-state index is 0.307. The molecule has 0 saturated heterocycles. The maximum atomic E-state index is 6.32. The standard InChI is InChI=1S/C17H27NO/c1-2-14-8-10-15(11-9-14)17(18)12-13-19-16-6-4-3-5-7-16/h3-7,14-15,17H,2,8-13,18H2,1H3. The molecule has 1 aliphatic carbocycles. The Morgan fingerprint density at radius 1 is 1.16 bits per heavy atom. The lowest BCUT2D eigenvalue weighted by Crippen LogP contribution is -2.34. The van der Waals surface area contributed by atoms with Crippen molar-refractivity contribution in [1.82, 2.24) is 0 Å². The molecule has 0 radical (unpaired) electrons. The normalized spacial score (nSPS) is 24.9. The van der Waals surface area contributed by atoms with E-state index >= 15 is 0 Å². The second kappa shape index (κ2) is 7.54. The van der Waals surface area contributed by atoms with Crippen LogP contribution in [-0.4, -0.2) is 12.6 Å². The summed E-state index contributed by atoms with van der Waals surface area (Å²) in [4.78, 5) is 0. The summed E-state index contributed by atoms with van der Waals surface area (Å²) in [5.41, 5.74) is 6.32. The zero-order chi connectivity index (χ0) is 13.5. The van der Waals surface area contributed by atoms with Gasteiger partial charge < -0.3 is 10.5 Å². The molecule has 0 spiro atoms. The first kappa shape index (κ1) is 14.4. The fraction of sp³-hybridized carbons (Fsp3) is 0.647. The Morgan fingerprint density at radius 2 is 1.84 bits per heavy atom. The highest BCUT2D eigenvalue weighted by Gasteiger charge is 2.24. The second-order valence-electron chi connectivity index (χ2n) is 5.80. The highest BCUT2D eigenvalue weighted by molar-refractivity contribution is 5.20. The van der Waals surface area contributed by atoms with Gasteiger partial charge in [0.25, 0.3) is 0 Å². The van der Waals surface area contributed by atoms with Gasteiger partial charge in [0.1, 0.15) is 5.75 Å². The number of para-hydroxylation sites is 1. The van der Waals surface area contributed by atoms with E-state index in [1.54, 1.807) is 0 Å². The first-order valence-corrected chi connectivity index (χ1v) is 7.73. The van der Waals surface area contributed by atoms with Crippen molar-refractivity contribution in [2.24, 2.45) is 17.6 Å². The van der Waals surface area contributed by atoms with Crippen molar-refractivity contribution in [1.29, 1.82) is 0 Å². The predicted molar refractivity (Wildman–Crippen MR) is 80.3 cm³/mol. The Balaban J connectivity index is 1.66. The quantitative estimate of drug-likeness (QED) is 0.840. The molecule has 0 bridgehead atoms.